The Hall–Kier alpha value is -1.63. The Balaban J connectivity index is -0.000000151. The molecule has 1 fully saturated rings. The average Bonchev–Trinajstić information content (AvgIpc) is 2.58. The van der Waals surface area contributed by atoms with Crippen molar-refractivity contribution in [2.24, 2.45) is 11.8 Å². The fourth-order valence-electron chi connectivity index (χ4n) is 2.76. The smallest absolute Gasteiger partial charge is 0.126 e. The van der Waals surface area contributed by atoms with E-state index in [0.717, 1.165) is 17.4 Å². The number of benzene rings is 2. The zero-order chi connectivity index (χ0) is 18.8. The van der Waals surface area contributed by atoms with Crippen LogP contribution in [0.1, 0.15) is 85.5 Å². The molecule has 0 saturated heterocycles. The highest BCUT2D eigenvalue weighted by Gasteiger charge is 2.13. The molecule has 28 heavy (non-hydrogen) atoms. The highest BCUT2D eigenvalue weighted by Crippen LogP contribution is 2.27. The third-order valence-electron chi connectivity index (χ3n) is 4.85. The lowest BCUT2D eigenvalue weighted by Gasteiger charge is -2.22. The molecule has 3 rings (SSSR count). The van der Waals surface area contributed by atoms with Gasteiger partial charge in [-0.1, -0.05) is 109 Å². The summed E-state index contributed by atoms with van der Waals surface area (Å²) in [6.07, 6.45) is 5.89. The summed E-state index contributed by atoms with van der Waals surface area (Å²) in [7, 11) is 0. The van der Waals surface area contributed by atoms with Gasteiger partial charge in [0.2, 0.25) is 0 Å². The molecule has 1 aliphatic carbocycles. The molecule has 0 N–H and O–H groups in total. The molecule has 0 heterocycles. The van der Waals surface area contributed by atoms with Crippen molar-refractivity contribution in [3.05, 3.63) is 70.5 Å². The Kier molecular flexibility index (Phi) is 18.1. The third kappa shape index (κ3) is 13.5. The zero-order valence-electron chi connectivity index (χ0n) is 16.9. The van der Waals surface area contributed by atoms with E-state index in [9.17, 15) is 4.39 Å². The fourth-order valence-corrected chi connectivity index (χ4v) is 2.76. The molecule has 0 amide bonds. The number of rotatable bonds is 0. The van der Waals surface area contributed by atoms with Crippen LogP contribution in [0.25, 0.3) is 0 Å². The van der Waals surface area contributed by atoms with E-state index in [1.807, 2.05) is 13.0 Å². The van der Waals surface area contributed by atoms with Gasteiger partial charge in [0.25, 0.3) is 0 Å². The predicted molar refractivity (Wildman–Crippen MR) is 131 cm³/mol. The first-order chi connectivity index (χ1) is 11.8. The minimum Gasteiger partial charge on any atom is -0.207 e. The Morgan fingerprint density at radius 3 is 1.25 bits per heavy atom. The summed E-state index contributed by atoms with van der Waals surface area (Å²) in [4.78, 5) is 0. The van der Waals surface area contributed by atoms with E-state index in [1.165, 1.54) is 42.9 Å². The van der Waals surface area contributed by atoms with Crippen LogP contribution in [0.2, 0.25) is 0 Å². The standard InChI is InChI=1S/C8H9F.C8H16.C8H10.3CH4.H2/c1-6-3-4-7(2)8(9)5-6;2*1-7-3-5-8(2)6-4-7;;;;/h3-5H,1-2H3;7-8H,3-6H2,1-2H3;3-6H,1-2H3;3*1H4;1H. The Labute approximate surface area is 178 Å². The maximum absolute atomic E-state index is 12.6. The molecule has 0 spiro atoms. The topological polar surface area (TPSA) is 0 Å². The summed E-state index contributed by atoms with van der Waals surface area (Å²) >= 11 is 0. The van der Waals surface area contributed by atoms with E-state index in [0.29, 0.717) is 5.56 Å². The number of aryl methyl sites for hydroxylation is 4. The highest BCUT2D eigenvalue weighted by atomic mass is 19.1. The van der Waals surface area contributed by atoms with E-state index >= 15 is 0 Å². The third-order valence-corrected chi connectivity index (χ3v) is 4.85. The summed E-state index contributed by atoms with van der Waals surface area (Å²) in [5.74, 6) is 1.92. The number of hydrogen-bond acceptors (Lipinski definition) is 0. The summed E-state index contributed by atoms with van der Waals surface area (Å²) in [6, 6.07) is 13.7. The van der Waals surface area contributed by atoms with Crippen molar-refractivity contribution in [3.8, 4) is 0 Å². The van der Waals surface area contributed by atoms with Crippen molar-refractivity contribution in [1.29, 1.82) is 0 Å². The second kappa shape index (κ2) is 16.3. The molecule has 0 aromatic heterocycles. The molecular weight excluding hydrogens is 343 g/mol. The predicted octanol–water partition coefficient (Wildman–Crippen LogP) is 9.73. The molecule has 1 aliphatic rings. The first-order valence-corrected chi connectivity index (χ1v) is 9.54. The SMILES string of the molecule is C.C.C.CC1CCC(C)CC1.Cc1ccc(C)c(F)c1.Cc1ccc(C)cc1.[HH]. The van der Waals surface area contributed by atoms with Crippen molar-refractivity contribution >= 4 is 0 Å². The number of halogens is 1. The quantitative estimate of drug-likeness (QED) is 0.418. The van der Waals surface area contributed by atoms with Crippen molar-refractivity contribution in [2.45, 2.75) is 89.5 Å². The van der Waals surface area contributed by atoms with Crippen LogP contribution in [0.4, 0.5) is 4.39 Å². The molecule has 0 nitrogen and oxygen atoms in total. The van der Waals surface area contributed by atoms with Crippen molar-refractivity contribution in [3.63, 3.8) is 0 Å². The molecule has 0 radical (unpaired) electrons. The van der Waals surface area contributed by atoms with Crippen LogP contribution in [0.5, 0.6) is 0 Å². The van der Waals surface area contributed by atoms with Gasteiger partial charge in [0, 0.05) is 1.43 Å². The Morgan fingerprint density at radius 2 is 0.964 bits per heavy atom. The second-order valence-corrected chi connectivity index (χ2v) is 7.77. The van der Waals surface area contributed by atoms with Crippen LogP contribution < -0.4 is 0 Å². The minimum atomic E-state index is -0.116. The van der Waals surface area contributed by atoms with Gasteiger partial charge in [0.15, 0.2) is 0 Å². The van der Waals surface area contributed by atoms with Crippen LogP contribution in [0, 0.1) is 45.3 Å². The number of hydrogen-bond donors (Lipinski definition) is 0. The van der Waals surface area contributed by atoms with Gasteiger partial charge in [0.1, 0.15) is 5.82 Å². The van der Waals surface area contributed by atoms with E-state index in [4.69, 9.17) is 0 Å². The Bertz CT molecular complexity index is 580. The molecule has 164 valence electrons. The van der Waals surface area contributed by atoms with Crippen LogP contribution in [-0.4, -0.2) is 0 Å². The average molecular weight is 393 g/mol. The van der Waals surface area contributed by atoms with Gasteiger partial charge in [-0.05, 0) is 56.7 Å². The summed E-state index contributed by atoms with van der Waals surface area (Å²) in [5, 5.41) is 0. The van der Waals surface area contributed by atoms with Crippen molar-refractivity contribution < 1.29 is 5.82 Å². The molecule has 1 saturated carbocycles. The molecule has 0 bridgehead atoms. The Morgan fingerprint density at radius 1 is 0.643 bits per heavy atom. The minimum absolute atomic E-state index is 0. The maximum atomic E-state index is 12.6. The lowest BCUT2D eigenvalue weighted by molar-refractivity contribution is 0.308. The van der Waals surface area contributed by atoms with Crippen molar-refractivity contribution in [1.82, 2.24) is 0 Å². The van der Waals surface area contributed by atoms with Gasteiger partial charge in [-0.3, -0.25) is 0 Å². The summed E-state index contributed by atoms with van der Waals surface area (Å²) < 4.78 is 12.6. The van der Waals surface area contributed by atoms with Gasteiger partial charge < -0.3 is 0 Å². The monoisotopic (exact) mass is 392 g/mol. The van der Waals surface area contributed by atoms with Crippen LogP contribution in [0.3, 0.4) is 0 Å². The summed E-state index contributed by atoms with van der Waals surface area (Å²) in [5.41, 5.74) is 4.34. The van der Waals surface area contributed by atoms with Gasteiger partial charge >= 0.3 is 0 Å². The van der Waals surface area contributed by atoms with E-state index in [2.05, 4.69) is 52.0 Å². The van der Waals surface area contributed by atoms with Crippen LogP contribution >= 0.6 is 0 Å². The molecular formula is C27H49F. The summed E-state index contributed by atoms with van der Waals surface area (Å²) in [6.45, 7) is 12.6. The molecule has 0 aliphatic heterocycles. The molecule has 2 aromatic carbocycles. The van der Waals surface area contributed by atoms with Crippen LogP contribution in [0.15, 0.2) is 42.5 Å². The normalized spacial score (nSPS) is 17.1. The molecule has 0 unspecified atom stereocenters. The van der Waals surface area contributed by atoms with E-state index in [-0.39, 0.29) is 29.5 Å². The molecule has 0 atom stereocenters. The lowest BCUT2D eigenvalue weighted by atomic mass is 9.84. The largest absolute Gasteiger partial charge is 0.207 e. The van der Waals surface area contributed by atoms with Gasteiger partial charge in [-0.2, -0.15) is 0 Å². The van der Waals surface area contributed by atoms with E-state index in [1.54, 1.807) is 13.0 Å². The van der Waals surface area contributed by atoms with Crippen LogP contribution in [-0.2, 0) is 0 Å². The molecule has 2 aromatic rings. The zero-order valence-corrected chi connectivity index (χ0v) is 16.9. The molecule has 1 heteroatoms. The highest BCUT2D eigenvalue weighted by molar-refractivity contribution is 5.21. The van der Waals surface area contributed by atoms with E-state index < -0.39 is 0 Å². The van der Waals surface area contributed by atoms with Gasteiger partial charge in [-0.15, -0.1) is 0 Å². The van der Waals surface area contributed by atoms with Crippen molar-refractivity contribution in [2.75, 3.05) is 0 Å². The van der Waals surface area contributed by atoms with Gasteiger partial charge in [0.05, 0.1) is 0 Å². The fraction of sp³-hybridized carbons (Fsp3) is 0.556. The first kappa shape index (κ1) is 31.1. The second-order valence-electron chi connectivity index (χ2n) is 7.77. The van der Waals surface area contributed by atoms with Gasteiger partial charge in [-0.25, -0.2) is 4.39 Å². The lowest BCUT2D eigenvalue weighted by Crippen LogP contribution is -2.08. The maximum Gasteiger partial charge on any atom is 0.126 e. The first-order valence-electron chi connectivity index (χ1n) is 9.54.